The third kappa shape index (κ3) is 5.17. The molecule has 2 aromatic carbocycles. The predicted molar refractivity (Wildman–Crippen MR) is 140 cm³/mol. The molecule has 7 nitrogen and oxygen atoms in total. The van der Waals surface area contributed by atoms with Crippen molar-refractivity contribution in [3.63, 3.8) is 0 Å². The Hall–Kier alpha value is -3.39. The Labute approximate surface area is 210 Å². The van der Waals surface area contributed by atoms with E-state index in [1.807, 2.05) is 36.4 Å². The molecule has 0 radical (unpaired) electrons. The predicted octanol–water partition coefficient (Wildman–Crippen LogP) is 5.77. The van der Waals surface area contributed by atoms with Gasteiger partial charge in [0.05, 0.1) is 34.0 Å². The molecule has 0 spiro atoms. The van der Waals surface area contributed by atoms with Crippen molar-refractivity contribution >= 4 is 27.9 Å². The van der Waals surface area contributed by atoms with Crippen LogP contribution in [-0.2, 0) is 19.4 Å². The van der Waals surface area contributed by atoms with Gasteiger partial charge in [-0.15, -0.1) is 11.3 Å². The maximum atomic E-state index is 13.5. The monoisotopic (exact) mass is 496 g/mol. The number of hydrogen-bond acceptors (Lipinski definition) is 7. The van der Waals surface area contributed by atoms with Crippen LogP contribution in [0.4, 0.5) is 10.7 Å². The Kier molecular flexibility index (Phi) is 7.70. The SMILES string of the molecule is COc1ccc(NC(=O)c2c(NCc3ccc(OC)c(OC)c3OC)sc3c2CCC(C)C3)cc1. The lowest BCUT2D eigenvalue weighted by molar-refractivity contribution is 0.102. The normalized spacial score (nSPS) is 14.6. The first-order valence-electron chi connectivity index (χ1n) is 11.6. The first-order valence-corrected chi connectivity index (χ1v) is 12.4. The van der Waals surface area contributed by atoms with Crippen LogP contribution < -0.4 is 29.6 Å². The number of ether oxygens (including phenoxy) is 4. The molecule has 1 aliphatic rings. The van der Waals surface area contributed by atoms with Crippen LogP contribution in [0.5, 0.6) is 23.0 Å². The number of thiophene rings is 1. The summed E-state index contributed by atoms with van der Waals surface area (Å²) in [6.45, 7) is 2.74. The topological polar surface area (TPSA) is 78.1 Å². The highest BCUT2D eigenvalue weighted by atomic mass is 32.1. The number of carbonyl (C=O) groups excluding carboxylic acids is 1. The quantitative estimate of drug-likeness (QED) is 0.392. The van der Waals surface area contributed by atoms with Gasteiger partial charge in [-0.3, -0.25) is 4.79 Å². The fraction of sp³-hybridized carbons (Fsp3) is 0.370. The molecule has 0 aliphatic heterocycles. The van der Waals surface area contributed by atoms with Crippen LogP contribution in [0.1, 0.15) is 39.7 Å². The Morgan fingerprint density at radius 1 is 0.971 bits per heavy atom. The van der Waals surface area contributed by atoms with E-state index >= 15 is 0 Å². The van der Waals surface area contributed by atoms with Crippen LogP contribution in [0.15, 0.2) is 36.4 Å². The Morgan fingerprint density at radius 3 is 2.37 bits per heavy atom. The van der Waals surface area contributed by atoms with Crippen LogP contribution in [0.3, 0.4) is 0 Å². The number of anilines is 2. The van der Waals surface area contributed by atoms with E-state index < -0.39 is 0 Å². The van der Waals surface area contributed by atoms with E-state index in [0.29, 0.717) is 29.7 Å². The smallest absolute Gasteiger partial charge is 0.258 e. The van der Waals surface area contributed by atoms with Gasteiger partial charge in [-0.25, -0.2) is 0 Å². The van der Waals surface area contributed by atoms with Crippen LogP contribution in [0.25, 0.3) is 0 Å². The number of benzene rings is 2. The number of rotatable bonds is 9. The summed E-state index contributed by atoms with van der Waals surface area (Å²) in [6.07, 6.45) is 2.97. The van der Waals surface area contributed by atoms with E-state index in [-0.39, 0.29) is 5.91 Å². The average Bonchev–Trinajstić information content (AvgIpc) is 3.24. The molecule has 0 saturated carbocycles. The lowest BCUT2D eigenvalue weighted by atomic mass is 9.88. The maximum Gasteiger partial charge on any atom is 0.258 e. The fourth-order valence-corrected chi connectivity index (χ4v) is 5.87. The van der Waals surface area contributed by atoms with Gasteiger partial charge in [-0.1, -0.05) is 6.92 Å². The summed E-state index contributed by atoms with van der Waals surface area (Å²) >= 11 is 1.67. The summed E-state index contributed by atoms with van der Waals surface area (Å²) in [5, 5.41) is 7.44. The van der Waals surface area contributed by atoms with Crippen LogP contribution >= 0.6 is 11.3 Å². The standard InChI is InChI=1S/C27H32N2O5S/c1-16-6-12-20-22(14-16)35-27(23(20)26(30)29-18-8-10-19(31-2)11-9-18)28-15-17-7-13-21(32-3)25(34-5)24(17)33-4/h7-11,13,16,28H,6,12,14-15H2,1-5H3,(H,29,30). The lowest BCUT2D eigenvalue weighted by Crippen LogP contribution is -2.18. The van der Waals surface area contributed by atoms with Crippen molar-refractivity contribution in [1.82, 2.24) is 0 Å². The van der Waals surface area contributed by atoms with Gasteiger partial charge in [-0.05, 0) is 67.1 Å². The van der Waals surface area contributed by atoms with E-state index in [1.54, 1.807) is 39.8 Å². The summed E-state index contributed by atoms with van der Waals surface area (Å²) in [4.78, 5) is 14.8. The zero-order valence-corrected chi connectivity index (χ0v) is 21.6. The molecule has 1 unspecified atom stereocenters. The summed E-state index contributed by atoms with van der Waals surface area (Å²) in [7, 11) is 6.42. The minimum absolute atomic E-state index is 0.107. The zero-order chi connectivity index (χ0) is 24.9. The van der Waals surface area contributed by atoms with E-state index in [9.17, 15) is 4.79 Å². The number of nitrogens with one attached hydrogen (secondary N) is 2. The molecular weight excluding hydrogens is 464 g/mol. The van der Waals surface area contributed by atoms with Crippen molar-refractivity contribution in [2.24, 2.45) is 5.92 Å². The number of methoxy groups -OCH3 is 4. The van der Waals surface area contributed by atoms with Crippen molar-refractivity contribution < 1.29 is 23.7 Å². The van der Waals surface area contributed by atoms with E-state index in [0.717, 1.165) is 52.4 Å². The fourth-order valence-electron chi connectivity index (χ4n) is 4.46. The van der Waals surface area contributed by atoms with Crippen molar-refractivity contribution in [3.05, 3.63) is 58.0 Å². The van der Waals surface area contributed by atoms with Crippen LogP contribution in [-0.4, -0.2) is 34.3 Å². The number of hydrogen-bond donors (Lipinski definition) is 2. The highest BCUT2D eigenvalue weighted by Crippen LogP contribution is 2.42. The van der Waals surface area contributed by atoms with Gasteiger partial charge in [0.2, 0.25) is 5.75 Å². The molecule has 2 N–H and O–H groups in total. The molecule has 0 saturated heterocycles. The molecule has 4 rings (SSSR count). The average molecular weight is 497 g/mol. The highest BCUT2D eigenvalue weighted by Gasteiger charge is 2.28. The van der Waals surface area contributed by atoms with Crippen molar-refractivity contribution in [2.45, 2.75) is 32.7 Å². The largest absolute Gasteiger partial charge is 0.497 e. The Morgan fingerprint density at radius 2 is 1.71 bits per heavy atom. The molecule has 1 aliphatic carbocycles. The van der Waals surface area contributed by atoms with Gasteiger partial charge in [0.1, 0.15) is 10.8 Å². The van der Waals surface area contributed by atoms with Crippen molar-refractivity contribution in [3.8, 4) is 23.0 Å². The minimum Gasteiger partial charge on any atom is -0.497 e. The number of fused-ring (bicyclic) bond motifs is 1. The molecule has 35 heavy (non-hydrogen) atoms. The first-order chi connectivity index (χ1) is 17.0. The van der Waals surface area contributed by atoms with Crippen LogP contribution in [0.2, 0.25) is 0 Å². The third-order valence-electron chi connectivity index (χ3n) is 6.31. The second kappa shape index (κ2) is 10.9. The van der Waals surface area contributed by atoms with Gasteiger partial charge >= 0.3 is 0 Å². The van der Waals surface area contributed by atoms with Gasteiger partial charge < -0.3 is 29.6 Å². The molecule has 1 heterocycles. The summed E-state index contributed by atoms with van der Waals surface area (Å²) < 4.78 is 21.8. The van der Waals surface area contributed by atoms with Crippen molar-refractivity contribution in [2.75, 3.05) is 39.1 Å². The molecule has 186 valence electrons. The molecule has 0 fully saturated rings. The molecule has 1 atom stereocenters. The van der Waals surface area contributed by atoms with Gasteiger partial charge in [0, 0.05) is 22.7 Å². The second-order valence-corrected chi connectivity index (χ2v) is 9.69. The highest BCUT2D eigenvalue weighted by molar-refractivity contribution is 7.16. The second-order valence-electron chi connectivity index (χ2n) is 8.59. The molecule has 1 aromatic heterocycles. The number of amides is 1. The summed E-state index contributed by atoms with van der Waals surface area (Å²) in [5.74, 6) is 3.01. The van der Waals surface area contributed by atoms with E-state index in [4.69, 9.17) is 18.9 Å². The minimum atomic E-state index is -0.107. The first kappa shape index (κ1) is 24.7. The van der Waals surface area contributed by atoms with Crippen molar-refractivity contribution in [1.29, 1.82) is 0 Å². The van der Waals surface area contributed by atoms with E-state index in [1.165, 1.54) is 4.88 Å². The van der Waals surface area contributed by atoms with Gasteiger partial charge in [0.15, 0.2) is 11.5 Å². The Balaban J connectivity index is 1.63. The summed E-state index contributed by atoms with van der Waals surface area (Å²) in [6, 6.07) is 11.2. The lowest BCUT2D eigenvalue weighted by Gasteiger charge is -2.19. The van der Waals surface area contributed by atoms with Gasteiger partial charge in [-0.2, -0.15) is 0 Å². The molecule has 0 bridgehead atoms. The molecule has 8 heteroatoms. The third-order valence-corrected chi connectivity index (χ3v) is 7.52. The molecular formula is C27H32N2O5S. The summed E-state index contributed by atoms with van der Waals surface area (Å²) in [5.41, 5.74) is 3.52. The number of carbonyl (C=O) groups is 1. The molecule has 1 amide bonds. The maximum absolute atomic E-state index is 13.5. The zero-order valence-electron chi connectivity index (χ0n) is 20.8. The molecule has 3 aromatic rings. The Bertz CT molecular complexity index is 1190. The van der Waals surface area contributed by atoms with E-state index in [2.05, 4.69) is 17.6 Å². The van der Waals surface area contributed by atoms with Gasteiger partial charge in [0.25, 0.3) is 5.91 Å². The van der Waals surface area contributed by atoms with Crippen LogP contribution in [0, 0.1) is 5.92 Å².